The van der Waals surface area contributed by atoms with Gasteiger partial charge in [0.05, 0.1) is 18.5 Å². The number of nitrogens with zero attached hydrogens (tertiary/aromatic N) is 3. The molecule has 0 saturated carbocycles. The number of hydrogen-bond donors (Lipinski definition) is 5. The van der Waals surface area contributed by atoms with Crippen molar-refractivity contribution in [3.8, 4) is 0 Å². The number of hydrogen-bond acceptors (Lipinski definition) is 8. The third kappa shape index (κ3) is 1.75. The number of nitrogens with one attached hydrogen (secondary N) is 1. The molecule has 0 spiro atoms. The van der Waals surface area contributed by atoms with Crippen molar-refractivity contribution in [2.75, 3.05) is 12.0 Å². The van der Waals surface area contributed by atoms with Crippen LogP contribution in [0.1, 0.15) is 30.7 Å². The van der Waals surface area contributed by atoms with Crippen LogP contribution in [0.2, 0.25) is 0 Å². The normalized spacial score (nSPS) is 39.6. The van der Waals surface area contributed by atoms with E-state index in [9.17, 15) is 15.3 Å². The van der Waals surface area contributed by atoms with Crippen molar-refractivity contribution in [3.63, 3.8) is 0 Å². The highest BCUT2D eigenvalue weighted by Gasteiger charge is 2.54. The quantitative estimate of drug-likeness (QED) is 0.422. The molecule has 6 N–H and O–H groups in total. The summed E-state index contributed by atoms with van der Waals surface area (Å²) in [6.45, 7) is 1.05. The van der Waals surface area contributed by atoms with Gasteiger partial charge in [0.25, 0.3) is 0 Å². The molecule has 3 heterocycles. The molecule has 1 fully saturated rings. The van der Waals surface area contributed by atoms with Gasteiger partial charge < -0.3 is 25.8 Å². The number of ether oxygens (including phenoxy) is 1. The molecular formula is C11H17N5O4. The van der Waals surface area contributed by atoms with Crippen LogP contribution >= 0.6 is 0 Å². The van der Waals surface area contributed by atoms with Crippen LogP contribution in [0.4, 0.5) is 0 Å². The minimum atomic E-state index is -1.57. The van der Waals surface area contributed by atoms with E-state index in [1.54, 1.807) is 4.68 Å². The average molecular weight is 283 g/mol. The first-order chi connectivity index (χ1) is 9.46. The molecule has 0 radical (unpaired) electrons. The van der Waals surface area contributed by atoms with Gasteiger partial charge in [-0.2, -0.15) is 0 Å². The van der Waals surface area contributed by atoms with Crippen molar-refractivity contribution >= 4 is 6.34 Å². The summed E-state index contributed by atoms with van der Waals surface area (Å²) >= 11 is 0. The molecule has 1 aromatic rings. The van der Waals surface area contributed by atoms with Crippen LogP contribution < -0.4 is 11.2 Å². The largest absolute Gasteiger partial charge is 0.394 e. The fraction of sp³-hybridized carbons (Fsp3) is 0.636. The maximum absolute atomic E-state index is 10.4. The van der Waals surface area contributed by atoms with Crippen LogP contribution in [0.5, 0.6) is 0 Å². The average Bonchev–Trinajstić information content (AvgIpc) is 2.92. The summed E-state index contributed by atoms with van der Waals surface area (Å²) in [6, 6.07) is 0. The maximum atomic E-state index is 10.4. The van der Waals surface area contributed by atoms with Gasteiger partial charge in [-0.15, -0.1) is 0 Å². The van der Waals surface area contributed by atoms with Crippen molar-refractivity contribution in [1.29, 1.82) is 0 Å². The molecule has 110 valence electrons. The lowest BCUT2D eigenvalue weighted by atomic mass is 9.92. The molecular weight excluding hydrogens is 266 g/mol. The Bertz CT molecular complexity index is 543. The summed E-state index contributed by atoms with van der Waals surface area (Å²) in [4.78, 5) is 8.17. The van der Waals surface area contributed by atoms with Gasteiger partial charge in [0.2, 0.25) is 0 Å². The van der Waals surface area contributed by atoms with E-state index < -0.39 is 36.7 Å². The topological polar surface area (TPSA) is 138 Å². The molecule has 9 nitrogen and oxygen atoms in total. The third-order valence-corrected chi connectivity index (χ3v) is 3.75. The van der Waals surface area contributed by atoms with E-state index in [0.717, 1.165) is 0 Å². The van der Waals surface area contributed by atoms with Crippen LogP contribution in [-0.4, -0.2) is 55.7 Å². The second kappa shape index (κ2) is 4.50. The van der Waals surface area contributed by atoms with E-state index in [-0.39, 0.29) is 0 Å². The minimum absolute atomic E-state index is 0.363. The zero-order chi connectivity index (χ0) is 14.5. The molecule has 20 heavy (non-hydrogen) atoms. The Hall–Kier alpha value is -1.52. The summed E-state index contributed by atoms with van der Waals surface area (Å²) in [7, 11) is 0. The monoisotopic (exact) mass is 283 g/mol. The molecule has 0 aliphatic carbocycles. The Balaban J connectivity index is 1.99. The predicted octanol–water partition coefficient (Wildman–Crippen LogP) is -2.03. The second-order valence-electron chi connectivity index (χ2n) is 5.14. The number of imidazole rings is 1. The summed E-state index contributed by atoms with van der Waals surface area (Å²) in [6.07, 6.45) is -0.573. The van der Waals surface area contributed by atoms with Crippen LogP contribution in [0.3, 0.4) is 0 Å². The fourth-order valence-corrected chi connectivity index (χ4v) is 2.55. The highest BCUT2D eigenvalue weighted by molar-refractivity contribution is 5.66. The molecule has 2 aliphatic heterocycles. The zero-order valence-electron chi connectivity index (χ0n) is 10.8. The molecule has 9 heteroatoms. The van der Waals surface area contributed by atoms with E-state index in [0.29, 0.717) is 11.5 Å². The first-order valence-corrected chi connectivity index (χ1v) is 6.25. The van der Waals surface area contributed by atoms with Crippen LogP contribution in [0, 0.1) is 0 Å². The van der Waals surface area contributed by atoms with E-state index in [2.05, 4.69) is 15.4 Å². The molecule has 0 bridgehead atoms. The Morgan fingerprint density at radius 1 is 1.60 bits per heavy atom. The molecule has 1 aromatic heterocycles. The number of aliphatic imine (C=N–C) groups is 1. The lowest BCUT2D eigenvalue weighted by molar-refractivity contribution is -0.0682. The maximum Gasteiger partial charge on any atom is 0.160 e. The van der Waals surface area contributed by atoms with Gasteiger partial charge in [-0.05, 0) is 6.92 Å². The molecule has 1 unspecified atom stereocenters. The Kier molecular flexibility index (Phi) is 3.03. The Morgan fingerprint density at radius 3 is 3.00 bits per heavy atom. The van der Waals surface area contributed by atoms with E-state index in [4.69, 9.17) is 10.5 Å². The zero-order valence-corrected chi connectivity index (χ0v) is 10.8. The Labute approximate surface area is 114 Å². The number of nitrogens with two attached hydrogens (primary N) is 1. The first-order valence-electron chi connectivity index (χ1n) is 6.25. The summed E-state index contributed by atoms with van der Waals surface area (Å²) in [5.41, 5.74) is 7.71. The lowest BCUT2D eigenvalue weighted by Crippen LogP contribution is -2.44. The second-order valence-corrected chi connectivity index (χ2v) is 5.14. The van der Waals surface area contributed by atoms with Crippen LogP contribution in [-0.2, 0) is 4.74 Å². The number of aliphatic hydroxyl groups is 3. The fourth-order valence-electron chi connectivity index (χ4n) is 2.55. The minimum Gasteiger partial charge on any atom is -0.394 e. The number of rotatable bonds is 2. The van der Waals surface area contributed by atoms with Crippen molar-refractivity contribution < 1.29 is 20.1 Å². The molecule has 5 atom stereocenters. The number of fused-ring (bicyclic) bond motifs is 1. The van der Waals surface area contributed by atoms with Gasteiger partial charge >= 0.3 is 0 Å². The van der Waals surface area contributed by atoms with Gasteiger partial charge in [0.1, 0.15) is 36.4 Å². The van der Waals surface area contributed by atoms with Gasteiger partial charge in [-0.25, -0.2) is 14.7 Å². The molecule has 1 saturated heterocycles. The first kappa shape index (κ1) is 13.5. The number of aromatic nitrogens is 2. The summed E-state index contributed by atoms with van der Waals surface area (Å²) < 4.78 is 7.08. The van der Waals surface area contributed by atoms with Crippen LogP contribution in [0.15, 0.2) is 11.2 Å². The molecule has 0 aromatic carbocycles. The highest BCUT2D eigenvalue weighted by Crippen LogP contribution is 2.41. The van der Waals surface area contributed by atoms with Crippen LogP contribution in [0.25, 0.3) is 0 Å². The SMILES string of the molecule is C[C@@]1(O)[C@H](O)[C@@H](CO)O[C@H]1c1ncc2n1NC=NC2N. The standard InChI is InChI=1S/C11H17N5O4/c1-11(19)7(18)6(3-17)20-8(11)10-13-2-5-9(12)14-4-15-16(5)10/h2,4,6-9,17-19H,3,12H2,1H3,(H,14,15)/t6-,7-,8+,9?,11-/m1/s1. The van der Waals surface area contributed by atoms with Gasteiger partial charge in [-0.3, -0.25) is 5.43 Å². The van der Waals surface area contributed by atoms with E-state index >= 15 is 0 Å². The van der Waals surface area contributed by atoms with Crippen molar-refractivity contribution in [2.24, 2.45) is 10.7 Å². The van der Waals surface area contributed by atoms with Crippen molar-refractivity contribution in [2.45, 2.75) is 37.0 Å². The van der Waals surface area contributed by atoms with Gasteiger partial charge in [0, 0.05) is 0 Å². The summed E-state index contributed by atoms with van der Waals surface area (Å²) in [5, 5.41) is 29.6. The Morgan fingerprint density at radius 2 is 2.35 bits per heavy atom. The molecule has 0 amide bonds. The van der Waals surface area contributed by atoms with Crippen molar-refractivity contribution in [3.05, 3.63) is 17.7 Å². The smallest absolute Gasteiger partial charge is 0.160 e. The predicted molar refractivity (Wildman–Crippen MR) is 68.3 cm³/mol. The highest BCUT2D eigenvalue weighted by atomic mass is 16.6. The number of aliphatic hydroxyl groups excluding tert-OH is 2. The third-order valence-electron chi connectivity index (χ3n) is 3.75. The van der Waals surface area contributed by atoms with E-state index in [1.165, 1.54) is 19.5 Å². The molecule has 3 rings (SSSR count). The van der Waals surface area contributed by atoms with E-state index in [1.807, 2.05) is 0 Å². The van der Waals surface area contributed by atoms with Crippen molar-refractivity contribution in [1.82, 2.24) is 9.66 Å². The van der Waals surface area contributed by atoms with Gasteiger partial charge in [0.15, 0.2) is 5.82 Å². The lowest BCUT2D eigenvalue weighted by Gasteiger charge is -2.27. The molecule has 2 aliphatic rings. The van der Waals surface area contributed by atoms with Gasteiger partial charge in [-0.1, -0.05) is 0 Å². The summed E-state index contributed by atoms with van der Waals surface area (Å²) in [5.74, 6) is 0.363.